The molecule has 0 radical (unpaired) electrons. The molecule has 0 saturated heterocycles. The van der Waals surface area contributed by atoms with Gasteiger partial charge in [-0.3, -0.25) is 4.79 Å². The fourth-order valence-corrected chi connectivity index (χ4v) is 1.71. The molecular formula is C15H10F4O2. The third-order valence-electron chi connectivity index (χ3n) is 2.69. The number of rotatable bonds is 5. The summed E-state index contributed by atoms with van der Waals surface area (Å²) in [7, 11) is 0. The summed E-state index contributed by atoms with van der Waals surface area (Å²) in [6, 6.07) is 8.69. The van der Waals surface area contributed by atoms with Crippen LogP contribution in [-0.4, -0.2) is 12.4 Å². The summed E-state index contributed by atoms with van der Waals surface area (Å²) >= 11 is 0. The number of ketones is 1. The Morgan fingerprint density at radius 1 is 0.952 bits per heavy atom. The molecule has 0 N–H and O–H groups in total. The fraction of sp³-hybridized carbons (Fsp3) is 0.133. The molecule has 0 aliphatic carbocycles. The number of hydrogen-bond donors (Lipinski definition) is 0. The lowest BCUT2D eigenvalue weighted by Gasteiger charge is -2.09. The lowest BCUT2D eigenvalue weighted by atomic mass is 10.1. The molecule has 21 heavy (non-hydrogen) atoms. The van der Waals surface area contributed by atoms with Gasteiger partial charge >= 0.3 is 0 Å². The second kappa shape index (κ2) is 6.39. The normalized spacial score (nSPS) is 10.5. The number of hydrogen-bond acceptors (Lipinski definition) is 2. The molecule has 110 valence electrons. The average molecular weight is 298 g/mol. The van der Waals surface area contributed by atoms with Gasteiger partial charge in [0.25, 0.3) is 0 Å². The highest BCUT2D eigenvalue weighted by molar-refractivity contribution is 5.82. The molecule has 0 atom stereocenters. The molecule has 2 aromatic carbocycles. The summed E-state index contributed by atoms with van der Waals surface area (Å²) in [5.41, 5.74) is 0.692. The van der Waals surface area contributed by atoms with Gasteiger partial charge < -0.3 is 4.74 Å². The van der Waals surface area contributed by atoms with E-state index in [1.54, 1.807) is 30.3 Å². The van der Waals surface area contributed by atoms with Gasteiger partial charge in [0, 0.05) is 12.5 Å². The highest BCUT2D eigenvalue weighted by Crippen LogP contribution is 2.26. The van der Waals surface area contributed by atoms with E-state index in [1.807, 2.05) is 0 Å². The van der Waals surface area contributed by atoms with Crippen LogP contribution in [0.3, 0.4) is 0 Å². The smallest absolute Gasteiger partial charge is 0.203 e. The van der Waals surface area contributed by atoms with E-state index >= 15 is 0 Å². The van der Waals surface area contributed by atoms with Gasteiger partial charge in [0.15, 0.2) is 23.2 Å². The first-order chi connectivity index (χ1) is 9.99. The lowest BCUT2D eigenvalue weighted by molar-refractivity contribution is -0.120. The van der Waals surface area contributed by atoms with Crippen LogP contribution < -0.4 is 4.74 Å². The Balaban J connectivity index is 2.05. The number of ether oxygens (including phenoxy) is 1. The number of benzene rings is 2. The summed E-state index contributed by atoms with van der Waals surface area (Å²) in [4.78, 5) is 11.6. The molecule has 6 heteroatoms. The van der Waals surface area contributed by atoms with E-state index in [2.05, 4.69) is 4.74 Å². The monoisotopic (exact) mass is 298 g/mol. The van der Waals surface area contributed by atoms with Crippen molar-refractivity contribution in [1.29, 1.82) is 0 Å². The zero-order valence-electron chi connectivity index (χ0n) is 10.7. The first kappa shape index (κ1) is 15.0. The summed E-state index contributed by atoms with van der Waals surface area (Å²) in [5, 5.41) is 0. The molecule has 0 fully saturated rings. The second-order valence-corrected chi connectivity index (χ2v) is 4.29. The minimum Gasteiger partial charge on any atom is -0.480 e. The predicted octanol–water partition coefficient (Wildman–Crippen LogP) is 3.43. The number of carbonyl (C=O) groups is 1. The largest absolute Gasteiger partial charge is 0.480 e. The van der Waals surface area contributed by atoms with Crippen molar-refractivity contribution in [3.05, 3.63) is 65.2 Å². The molecule has 0 aromatic heterocycles. The van der Waals surface area contributed by atoms with Gasteiger partial charge in [-0.1, -0.05) is 30.3 Å². The molecule has 0 spiro atoms. The molecule has 2 aromatic rings. The summed E-state index contributed by atoms with van der Waals surface area (Å²) < 4.78 is 57.1. The first-order valence-corrected chi connectivity index (χ1v) is 6.00. The Hall–Kier alpha value is -2.37. The third-order valence-corrected chi connectivity index (χ3v) is 2.69. The van der Waals surface area contributed by atoms with Crippen molar-refractivity contribution in [2.45, 2.75) is 6.42 Å². The molecule has 0 amide bonds. The van der Waals surface area contributed by atoms with Crippen LogP contribution in [-0.2, 0) is 11.2 Å². The van der Waals surface area contributed by atoms with Crippen molar-refractivity contribution in [3.8, 4) is 5.75 Å². The van der Waals surface area contributed by atoms with Crippen molar-refractivity contribution >= 4 is 5.78 Å². The zero-order chi connectivity index (χ0) is 15.4. The van der Waals surface area contributed by atoms with E-state index in [0.717, 1.165) is 0 Å². The minimum atomic E-state index is -1.67. The third kappa shape index (κ3) is 3.59. The maximum atomic E-state index is 13.3. The van der Waals surface area contributed by atoms with E-state index in [9.17, 15) is 22.4 Å². The van der Waals surface area contributed by atoms with Gasteiger partial charge in [-0.05, 0) is 5.56 Å². The van der Waals surface area contributed by atoms with Crippen molar-refractivity contribution < 1.29 is 27.1 Å². The summed E-state index contributed by atoms with van der Waals surface area (Å²) in [6.07, 6.45) is -0.0120. The molecule has 2 rings (SSSR count). The van der Waals surface area contributed by atoms with Crippen molar-refractivity contribution in [3.63, 3.8) is 0 Å². The summed E-state index contributed by atoms with van der Waals surface area (Å²) in [6.45, 7) is -0.689. The molecule has 0 heterocycles. The van der Waals surface area contributed by atoms with E-state index in [1.165, 1.54) is 0 Å². The van der Waals surface area contributed by atoms with Crippen molar-refractivity contribution in [2.75, 3.05) is 6.61 Å². The van der Waals surface area contributed by atoms with Crippen LogP contribution in [0.15, 0.2) is 36.4 Å². The molecule has 0 aliphatic rings. The van der Waals surface area contributed by atoms with Gasteiger partial charge in [-0.15, -0.1) is 0 Å². The molecule has 2 nitrogen and oxygen atoms in total. The standard InChI is InChI=1S/C15H10F4O2/c16-11-7-12(17)14(19)15(13(11)18)21-8-10(20)6-9-4-2-1-3-5-9/h1-5,7H,6,8H2. The second-order valence-electron chi connectivity index (χ2n) is 4.29. The van der Waals surface area contributed by atoms with Gasteiger partial charge in [-0.25, -0.2) is 8.78 Å². The molecule has 0 unspecified atom stereocenters. The van der Waals surface area contributed by atoms with Crippen LogP contribution in [0.5, 0.6) is 5.75 Å². The van der Waals surface area contributed by atoms with Crippen LogP contribution in [0.25, 0.3) is 0 Å². The van der Waals surface area contributed by atoms with E-state index < -0.39 is 41.4 Å². The molecular weight excluding hydrogens is 288 g/mol. The minimum absolute atomic E-state index is 0.0120. The molecule has 0 aliphatic heterocycles. The Kier molecular flexibility index (Phi) is 4.57. The van der Waals surface area contributed by atoms with Crippen LogP contribution in [0.2, 0.25) is 0 Å². The number of carbonyl (C=O) groups excluding carboxylic acids is 1. The molecule has 0 bridgehead atoms. The highest BCUT2D eigenvalue weighted by atomic mass is 19.2. The Bertz CT molecular complexity index is 630. The maximum Gasteiger partial charge on any atom is 0.203 e. The maximum absolute atomic E-state index is 13.3. The number of halogens is 4. The highest BCUT2D eigenvalue weighted by Gasteiger charge is 2.21. The SMILES string of the molecule is O=C(COc1c(F)c(F)cc(F)c1F)Cc1ccccc1. The van der Waals surface area contributed by atoms with E-state index in [0.29, 0.717) is 5.56 Å². The Morgan fingerprint density at radius 3 is 2.10 bits per heavy atom. The average Bonchev–Trinajstić information content (AvgIpc) is 2.46. The number of Topliss-reactive ketones (excluding diaryl/α,β-unsaturated/α-hetero) is 1. The van der Waals surface area contributed by atoms with Crippen LogP contribution in [0, 0.1) is 23.3 Å². The van der Waals surface area contributed by atoms with Crippen LogP contribution in [0.4, 0.5) is 17.6 Å². The van der Waals surface area contributed by atoms with Crippen molar-refractivity contribution in [2.24, 2.45) is 0 Å². The lowest BCUT2D eigenvalue weighted by Crippen LogP contribution is -2.15. The van der Waals surface area contributed by atoms with Gasteiger partial charge in [0.1, 0.15) is 6.61 Å². The summed E-state index contributed by atoms with van der Waals surface area (Å²) in [5.74, 6) is -8.21. The fourth-order valence-electron chi connectivity index (χ4n) is 1.71. The van der Waals surface area contributed by atoms with Gasteiger partial charge in [-0.2, -0.15) is 8.78 Å². The van der Waals surface area contributed by atoms with Crippen LogP contribution in [0.1, 0.15) is 5.56 Å². The quantitative estimate of drug-likeness (QED) is 0.624. The van der Waals surface area contributed by atoms with E-state index in [4.69, 9.17) is 0 Å². The topological polar surface area (TPSA) is 26.3 Å². The van der Waals surface area contributed by atoms with Gasteiger partial charge in [0.05, 0.1) is 0 Å². The molecule has 0 saturated carbocycles. The Morgan fingerprint density at radius 2 is 1.52 bits per heavy atom. The van der Waals surface area contributed by atoms with Crippen molar-refractivity contribution in [1.82, 2.24) is 0 Å². The van der Waals surface area contributed by atoms with Gasteiger partial charge in [0.2, 0.25) is 11.6 Å². The first-order valence-electron chi connectivity index (χ1n) is 6.00. The predicted molar refractivity (Wildman–Crippen MR) is 66.9 cm³/mol. The Labute approximate surface area is 118 Å². The van der Waals surface area contributed by atoms with E-state index in [-0.39, 0.29) is 12.5 Å². The zero-order valence-corrected chi connectivity index (χ0v) is 10.7. The van der Waals surface area contributed by atoms with Crippen LogP contribution >= 0.6 is 0 Å².